The number of hydrogen-bond acceptors (Lipinski definition) is 3. The minimum atomic E-state index is -0.232. The summed E-state index contributed by atoms with van der Waals surface area (Å²) in [7, 11) is 1.71. The van der Waals surface area contributed by atoms with E-state index in [0.717, 1.165) is 5.56 Å². The second kappa shape index (κ2) is 3.81. The fourth-order valence-corrected chi connectivity index (χ4v) is 2.36. The van der Waals surface area contributed by atoms with Gasteiger partial charge in [0.15, 0.2) is 0 Å². The number of hydrogen-bond donors (Lipinski definition) is 1. The monoisotopic (exact) mass is 245 g/mol. The summed E-state index contributed by atoms with van der Waals surface area (Å²) in [5, 5.41) is 3.69. The number of fused-ring (bicyclic) bond motifs is 1. The molecule has 0 amide bonds. The molecule has 0 spiro atoms. The van der Waals surface area contributed by atoms with E-state index in [2.05, 4.69) is 5.32 Å². The molecule has 1 N–H and O–H groups in total. The van der Waals surface area contributed by atoms with Gasteiger partial charge in [-0.3, -0.25) is 13.9 Å². The normalized spacial score (nSPS) is 15.9. The Hall–Kier alpha value is -1.88. The molecule has 0 radical (unpaired) electrons. The van der Waals surface area contributed by atoms with E-state index in [9.17, 15) is 9.59 Å². The summed E-state index contributed by atoms with van der Waals surface area (Å²) in [5.41, 5.74) is 1.33. The lowest BCUT2D eigenvalue weighted by Gasteiger charge is -2.28. The summed E-state index contributed by atoms with van der Waals surface area (Å²) < 4.78 is 2.93. The van der Waals surface area contributed by atoms with Crippen LogP contribution in [-0.4, -0.2) is 22.2 Å². The molecule has 5 nitrogen and oxygen atoms in total. The minimum Gasteiger partial charge on any atom is -0.312 e. The van der Waals surface area contributed by atoms with Gasteiger partial charge in [0.1, 0.15) is 0 Å². The highest BCUT2D eigenvalue weighted by atomic mass is 16.2. The van der Waals surface area contributed by atoms with Crippen molar-refractivity contribution in [3.8, 4) is 0 Å². The van der Waals surface area contributed by atoms with Gasteiger partial charge in [-0.2, -0.15) is 0 Å². The van der Waals surface area contributed by atoms with Crippen LogP contribution in [0.15, 0.2) is 27.8 Å². The van der Waals surface area contributed by atoms with Gasteiger partial charge in [0.2, 0.25) is 0 Å². The van der Waals surface area contributed by atoms with Crippen molar-refractivity contribution in [2.45, 2.75) is 13.0 Å². The van der Waals surface area contributed by atoms with Gasteiger partial charge in [-0.05, 0) is 24.6 Å². The molecule has 1 fully saturated rings. The number of nitrogens with zero attached hydrogens (tertiary/aromatic N) is 2. The van der Waals surface area contributed by atoms with E-state index >= 15 is 0 Å². The van der Waals surface area contributed by atoms with Crippen LogP contribution in [0.4, 0.5) is 0 Å². The molecule has 1 saturated heterocycles. The molecule has 2 heterocycles. The van der Waals surface area contributed by atoms with Crippen molar-refractivity contribution in [2.24, 2.45) is 7.05 Å². The fourth-order valence-electron chi connectivity index (χ4n) is 2.36. The van der Waals surface area contributed by atoms with Crippen LogP contribution in [0, 0.1) is 6.92 Å². The first-order valence-electron chi connectivity index (χ1n) is 6.02. The average molecular weight is 245 g/mol. The van der Waals surface area contributed by atoms with Crippen molar-refractivity contribution >= 4 is 10.9 Å². The van der Waals surface area contributed by atoms with E-state index < -0.39 is 0 Å². The quantitative estimate of drug-likeness (QED) is 0.778. The highest BCUT2D eigenvalue weighted by molar-refractivity contribution is 5.78. The van der Waals surface area contributed by atoms with Crippen LogP contribution in [0.1, 0.15) is 11.6 Å². The van der Waals surface area contributed by atoms with Crippen molar-refractivity contribution in [1.29, 1.82) is 0 Å². The molecule has 0 saturated carbocycles. The molecule has 1 aromatic heterocycles. The third-order valence-electron chi connectivity index (χ3n) is 3.58. The van der Waals surface area contributed by atoms with Crippen molar-refractivity contribution < 1.29 is 0 Å². The third-order valence-corrected chi connectivity index (χ3v) is 3.58. The molecule has 94 valence electrons. The summed E-state index contributed by atoms with van der Waals surface area (Å²) in [6.45, 7) is 3.32. The summed E-state index contributed by atoms with van der Waals surface area (Å²) in [5.74, 6) is 0. The van der Waals surface area contributed by atoms with Crippen molar-refractivity contribution in [3.05, 3.63) is 44.6 Å². The topological polar surface area (TPSA) is 56.0 Å². The zero-order valence-electron chi connectivity index (χ0n) is 10.4. The predicted molar refractivity (Wildman–Crippen MR) is 70.1 cm³/mol. The Balaban J connectivity index is 2.43. The van der Waals surface area contributed by atoms with E-state index in [1.165, 1.54) is 4.57 Å². The van der Waals surface area contributed by atoms with E-state index in [0.29, 0.717) is 24.0 Å². The summed E-state index contributed by atoms with van der Waals surface area (Å²) in [6.07, 6.45) is 0. The van der Waals surface area contributed by atoms with Gasteiger partial charge in [-0.25, -0.2) is 4.79 Å². The summed E-state index contributed by atoms with van der Waals surface area (Å²) >= 11 is 0. The average Bonchev–Trinajstić information content (AvgIpc) is 2.29. The molecular weight excluding hydrogens is 230 g/mol. The van der Waals surface area contributed by atoms with E-state index in [1.54, 1.807) is 17.7 Å². The first kappa shape index (κ1) is 11.2. The van der Waals surface area contributed by atoms with Crippen LogP contribution in [0.25, 0.3) is 10.9 Å². The zero-order chi connectivity index (χ0) is 12.9. The zero-order valence-corrected chi connectivity index (χ0v) is 10.4. The second-order valence-electron chi connectivity index (χ2n) is 4.85. The van der Waals surface area contributed by atoms with Crippen LogP contribution >= 0.6 is 0 Å². The Bertz CT molecular complexity index is 738. The first-order valence-corrected chi connectivity index (χ1v) is 6.02. The summed E-state index contributed by atoms with van der Waals surface area (Å²) in [6, 6.07) is 5.57. The van der Waals surface area contributed by atoms with Crippen LogP contribution in [0.5, 0.6) is 0 Å². The lowest BCUT2D eigenvalue weighted by atomic mass is 10.1. The number of aromatic nitrogens is 2. The van der Waals surface area contributed by atoms with Gasteiger partial charge in [0.05, 0.1) is 16.9 Å². The Morgan fingerprint density at radius 2 is 2.00 bits per heavy atom. The lowest BCUT2D eigenvalue weighted by Crippen LogP contribution is -2.53. The number of aryl methyl sites for hydroxylation is 2. The van der Waals surface area contributed by atoms with Gasteiger partial charge in [-0.1, -0.05) is 6.07 Å². The Labute approximate surface area is 104 Å². The molecule has 1 aromatic carbocycles. The predicted octanol–water partition coefficient (Wildman–Crippen LogP) is 0.153. The molecule has 0 aliphatic carbocycles. The molecule has 0 atom stereocenters. The standard InChI is InChI=1S/C13H15N3O2/c1-8-3-4-10-11(5-8)15(2)13(18)16(12(10)17)9-6-14-7-9/h3-5,9,14H,6-7H2,1-2H3. The van der Waals surface area contributed by atoms with E-state index in [1.807, 2.05) is 19.1 Å². The molecule has 3 rings (SSSR count). The van der Waals surface area contributed by atoms with Gasteiger partial charge in [-0.15, -0.1) is 0 Å². The second-order valence-corrected chi connectivity index (χ2v) is 4.85. The van der Waals surface area contributed by atoms with Crippen LogP contribution in [-0.2, 0) is 7.05 Å². The molecule has 18 heavy (non-hydrogen) atoms. The molecule has 5 heteroatoms. The highest BCUT2D eigenvalue weighted by Gasteiger charge is 2.24. The largest absolute Gasteiger partial charge is 0.331 e. The van der Waals surface area contributed by atoms with Gasteiger partial charge in [0, 0.05) is 20.1 Å². The number of nitrogens with one attached hydrogen (secondary N) is 1. The first-order chi connectivity index (χ1) is 8.59. The van der Waals surface area contributed by atoms with Crippen molar-refractivity contribution in [1.82, 2.24) is 14.5 Å². The van der Waals surface area contributed by atoms with E-state index in [-0.39, 0.29) is 17.3 Å². The smallest absolute Gasteiger partial charge is 0.312 e. The lowest BCUT2D eigenvalue weighted by molar-refractivity contribution is 0.323. The molecule has 2 aromatic rings. The van der Waals surface area contributed by atoms with Crippen LogP contribution in [0.3, 0.4) is 0 Å². The fraction of sp³-hybridized carbons (Fsp3) is 0.385. The van der Waals surface area contributed by atoms with Gasteiger partial charge >= 0.3 is 5.69 Å². The molecular formula is C13H15N3O2. The van der Waals surface area contributed by atoms with Gasteiger partial charge < -0.3 is 5.32 Å². The van der Waals surface area contributed by atoms with Gasteiger partial charge in [0.25, 0.3) is 5.56 Å². The SMILES string of the molecule is Cc1ccc2c(=O)n(C3CNC3)c(=O)n(C)c2c1. The number of rotatable bonds is 1. The third kappa shape index (κ3) is 1.44. The molecule has 0 unspecified atom stereocenters. The molecule has 1 aliphatic rings. The highest BCUT2D eigenvalue weighted by Crippen LogP contribution is 2.12. The molecule has 0 bridgehead atoms. The maximum atomic E-state index is 12.4. The summed E-state index contributed by atoms with van der Waals surface area (Å²) in [4.78, 5) is 24.6. The van der Waals surface area contributed by atoms with Crippen molar-refractivity contribution in [3.63, 3.8) is 0 Å². The van der Waals surface area contributed by atoms with Crippen LogP contribution in [0.2, 0.25) is 0 Å². The minimum absolute atomic E-state index is 0.0121. The van der Waals surface area contributed by atoms with Crippen LogP contribution < -0.4 is 16.6 Å². The van der Waals surface area contributed by atoms with E-state index in [4.69, 9.17) is 0 Å². The Morgan fingerprint density at radius 1 is 1.28 bits per heavy atom. The maximum Gasteiger partial charge on any atom is 0.331 e. The number of benzene rings is 1. The Kier molecular flexibility index (Phi) is 2.38. The van der Waals surface area contributed by atoms with Crippen molar-refractivity contribution in [2.75, 3.05) is 13.1 Å². The Morgan fingerprint density at radius 3 is 2.61 bits per heavy atom. The molecule has 1 aliphatic heterocycles. The maximum absolute atomic E-state index is 12.4.